The minimum Gasteiger partial charge on any atom is -0.452 e. The van der Waals surface area contributed by atoms with Crippen LogP contribution in [-0.4, -0.2) is 35.0 Å². The normalized spacial score (nSPS) is 10.6. The maximum atomic E-state index is 12.3. The number of esters is 1. The van der Waals surface area contributed by atoms with E-state index < -0.39 is 5.97 Å². The highest BCUT2D eigenvalue weighted by Crippen LogP contribution is 2.17. The fourth-order valence-corrected chi connectivity index (χ4v) is 3.27. The highest BCUT2D eigenvalue weighted by molar-refractivity contribution is 5.91. The lowest BCUT2D eigenvalue weighted by atomic mass is 10.1. The fraction of sp³-hybridized carbons (Fsp3) is 0.250. The van der Waals surface area contributed by atoms with Crippen LogP contribution in [0.5, 0.6) is 0 Å². The van der Waals surface area contributed by atoms with Gasteiger partial charge in [0.15, 0.2) is 6.61 Å². The Morgan fingerprint density at radius 2 is 1.52 bits per heavy atom. The Balaban J connectivity index is 1.57. The first kappa shape index (κ1) is 20.4. The predicted molar refractivity (Wildman–Crippen MR) is 113 cm³/mol. The molecular formula is C24H26N2O3. The number of hydrogen-bond donors (Lipinski definition) is 0. The van der Waals surface area contributed by atoms with Crippen LogP contribution in [0.4, 0.5) is 0 Å². The Labute approximate surface area is 171 Å². The molecule has 5 heteroatoms. The van der Waals surface area contributed by atoms with Crippen molar-refractivity contribution >= 4 is 11.9 Å². The van der Waals surface area contributed by atoms with E-state index in [-0.39, 0.29) is 12.5 Å². The van der Waals surface area contributed by atoms with Gasteiger partial charge in [0, 0.05) is 30.7 Å². The van der Waals surface area contributed by atoms with Crippen LogP contribution in [-0.2, 0) is 16.1 Å². The summed E-state index contributed by atoms with van der Waals surface area (Å²) >= 11 is 0. The SMILES string of the molecule is Cc1ccccc1CN(C)C(=O)COC(=O)c1ccc(-n2c(C)ccc2C)cc1. The van der Waals surface area contributed by atoms with Crippen molar-refractivity contribution in [2.45, 2.75) is 27.3 Å². The Kier molecular flexibility index (Phi) is 6.17. The number of hydrogen-bond acceptors (Lipinski definition) is 3. The second-order valence-corrected chi connectivity index (χ2v) is 7.25. The molecule has 0 spiro atoms. The molecular weight excluding hydrogens is 364 g/mol. The van der Waals surface area contributed by atoms with Crippen LogP contribution in [0.1, 0.15) is 32.9 Å². The summed E-state index contributed by atoms with van der Waals surface area (Å²) in [5.41, 5.74) is 5.85. The van der Waals surface area contributed by atoms with Gasteiger partial charge in [-0.15, -0.1) is 0 Å². The lowest BCUT2D eigenvalue weighted by Crippen LogP contribution is -2.31. The van der Waals surface area contributed by atoms with Crippen molar-refractivity contribution in [3.8, 4) is 5.69 Å². The Morgan fingerprint density at radius 3 is 2.14 bits per heavy atom. The van der Waals surface area contributed by atoms with Crippen molar-refractivity contribution in [1.29, 1.82) is 0 Å². The molecule has 0 N–H and O–H groups in total. The number of carbonyl (C=O) groups excluding carboxylic acids is 2. The first-order valence-electron chi connectivity index (χ1n) is 9.58. The first-order chi connectivity index (χ1) is 13.9. The van der Waals surface area contributed by atoms with Gasteiger partial charge in [-0.05, 0) is 68.3 Å². The largest absolute Gasteiger partial charge is 0.452 e. The van der Waals surface area contributed by atoms with Crippen molar-refractivity contribution < 1.29 is 14.3 Å². The maximum Gasteiger partial charge on any atom is 0.338 e. The number of carbonyl (C=O) groups is 2. The molecule has 2 aromatic carbocycles. The van der Waals surface area contributed by atoms with Gasteiger partial charge in [0.05, 0.1) is 5.56 Å². The number of amides is 1. The quantitative estimate of drug-likeness (QED) is 0.592. The average molecular weight is 390 g/mol. The van der Waals surface area contributed by atoms with Gasteiger partial charge in [-0.1, -0.05) is 24.3 Å². The molecule has 0 bridgehead atoms. The van der Waals surface area contributed by atoms with E-state index in [1.54, 1.807) is 24.1 Å². The van der Waals surface area contributed by atoms with Gasteiger partial charge < -0.3 is 14.2 Å². The summed E-state index contributed by atoms with van der Waals surface area (Å²) in [6.07, 6.45) is 0. The number of ether oxygens (including phenoxy) is 1. The van der Waals surface area contributed by atoms with Crippen LogP contribution in [0.3, 0.4) is 0 Å². The molecule has 0 radical (unpaired) electrons. The van der Waals surface area contributed by atoms with Crippen molar-refractivity contribution in [3.05, 3.63) is 88.7 Å². The molecule has 0 fully saturated rings. The monoisotopic (exact) mass is 390 g/mol. The molecule has 3 aromatic rings. The third kappa shape index (κ3) is 4.74. The van der Waals surface area contributed by atoms with E-state index in [0.29, 0.717) is 12.1 Å². The highest BCUT2D eigenvalue weighted by Gasteiger charge is 2.15. The van der Waals surface area contributed by atoms with Crippen LogP contribution in [0.15, 0.2) is 60.7 Å². The zero-order valence-electron chi connectivity index (χ0n) is 17.3. The number of rotatable bonds is 6. The van der Waals surface area contributed by atoms with Crippen LogP contribution in [0.25, 0.3) is 5.69 Å². The topological polar surface area (TPSA) is 51.5 Å². The van der Waals surface area contributed by atoms with Gasteiger partial charge in [0.25, 0.3) is 5.91 Å². The first-order valence-corrected chi connectivity index (χ1v) is 9.58. The number of likely N-dealkylation sites (N-methyl/N-ethyl adjacent to an activating group) is 1. The molecule has 150 valence electrons. The summed E-state index contributed by atoms with van der Waals surface area (Å²) in [7, 11) is 1.71. The van der Waals surface area contributed by atoms with Gasteiger partial charge in [-0.25, -0.2) is 4.79 Å². The van der Waals surface area contributed by atoms with Crippen LogP contribution < -0.4 is 0 Å². The lowest BCUT2D eigenvalue weighted by Gasteiger charge is -2.18. The number of nitrogens with zero attached hydrogens (tertiary/aromatic N) is 2. The van der Waals surface area contributed by atoms with E-state index in [1.165, 1.54) is 0 Å². The standard InChI is InChI=1S/C24H26N2O3/c1-17-7-5-6-8-21(17)15-25(4)23(27)16-29-24(28)20-11-13-22(14-12-20)26-18(2)9-10-19(26)3/h5-14H,15-16H2,1-4H3. The minimum atomic E-state index is -0.504. The van der Waals surface area contributed by atoms with Gasteiger partial charge in [-0.3, -0.25) is 4.79 Å². The number of benzene rings is 2. The molecule has 5 nitrogen and oxygen atoms in total. The Bertz CT molecular complexity index is 999. The van der Waals surface area contributed by atoms with Gasteiger partial charge in [0.2, 0.25) is 0 Å². The van der Waals surface area contributed by atoms with Crippen molar-refractivity contribution in [2.75, 3.05) is 13.7 Å². The average Bonchev–Trinajstić information content (AvgIpc) is 3.05. The molecule has 0 atom stereocenters. The molecule has 3 rings (SSSR count). The number of aryl methyl sites for hydroxylation is 3. The summed E-state index contributed by atoms with van der Waals surface area (Å²) in [5, 5.41) is 0. The summed E-state index contributed by atoms with van der Waals surface area (Å²) in [5.74, 6) is -0.744. The van der Waals surface area contributed by atoms with E-state index in [2.05, 4.69) is 16.7 Å². The van der Waals surface area contributed by atoms with Crippen LogP contribution in [0, 0.1) is 20.8 Å². The smallest absolute Gasteiger partial charge is 0.338 e. The van der Waals surface area contributed by atoms with E-state index in [4.69, 9.17) is 4.74 Å². The maximum absolute atomic E-state index is 12.3. The molecule has 1 amide bonds. The fourth-order valence-electron chi connectivity index (χ4n) is 3.27. The molecule has 0 saturated heterocycles. The zero-order valence-corrected chi connectivity index (χ0v) is 17.3. The van der Waals surface area contributed by atoms with E-state index >= 15 is 0 Å². The molecule has 0 unspecified atom stereocenters. The van der Waals surface area contributed by atoms with E-state index in [1.807, 2.05) is 57.2 Å². The second-order valence-electron chi connectivity index (χ2n) is 7.25. The molecule has 0 aliphatic rings. The third-order valence-corrected chi connectivity index (χ3v) is 5.05. The summed E-state index contributed by atoms with van der Waals surface area (Å²) < 4.78 is 7.33. The van der Waals surface area contributed by atoms with Crippen LogP contribution >= 0.6 is 0 Å². The van der Waals surface area contributed by atoms with Crippen molar-refractivity contribution in [2.24, 2.45) is 0 Å². The Morgan fingerprint density at radius 1 is 0.897 bits per heavy atom. The molecule has 1 heterocycles. The summed E-state index contributed by atoms with van der Waals surface area (Å²) in [4.78, 5) is 26.2. The minimum absolute atomic E-state index is 0.239. The van der Waals surface area contributed by atoms with E-state index in [0.717, 1.165) is 28.2 Å². The summed E-state index contributed by atoms with van der Waals surface area (Å²) in [6, 6.07) is 19.2. The van der Waals surface area contributed by atoms with Gasteiger partial charge in [-0.2, -0.15) is 0 Å². The van der Waals surface area contributed by atoms with Crippen molar-refractivity contribution in [3.63, 3.8) is 0 Å². The molecule has 29 heavy (non-hydrogen) atoms. The Hall–Kier alpha value is -3.34. The molecule has 1 aromatic heterocycles. The van der Waals surface area contributed by atoms with Crippen molar-refractivity contribution in [1.82, 2.24) is 9.47 Å². The van der Waals surface area contributed by atoms with Gasteiger partial charge in [0.1, 0.15) is 0 Å². The second kappa shape index (κ2) is 8.78. The highest BCUT2D eigenvalue weighted by atomic mass is 16.5. The number of aromatic nitrogens is 1. The molecule has 0 aliphatic heterocycles. The lowest BCUT2D eigenvalue weighted by molar-refractivity contribution is -0.133. The summed E-state index contributed by atoms with van der Waals surface area (Å²) in [6.45, 7) is 6.28. The van der Waals surface area contributed by atoms with Crippen LogP contribution in [0.2, 0.25) is 0 Å². The third-order valence-electron chi connectivity index (χ3n) is 5.05. The molecule has 0 aliphatic carbocycles. The predicted octanol–water partition coefficient (Wildman–Crippen LogP) is 4.22. The van der Waals surface area contributed by atoms with Gasteiger partial charge >= 0.3 is 5.97 Å². The van der Waals surface area contributed by atoms with E-state index in [9.17, 15) is 9.59 Å². The zero-order chi connectivity index (χ0) is 21.0. The molecule has 0 saturated carbocycles.